The Bertz CT molecular complexity index is 635. The molecule has 2 unspecified atom stereocenters. The number of nitrogens with zero attached hydrogens (tertiary/aromatic N) is 1. The normalized spacial score (nSPS) is 21.2. The van der Waals surface area contributed by atoms with E-state index < -0.39 is 12.5 Å². The fourth-order valence-corrected chi connectivity index (χ4v) is 2.84. The summed E-state index contributed by atoms with van der Waals surface area (Å²) in [6.45, 7) is -0.786. The number of nitrogens with one attached hydrogen (secondary N) is 1. The van der Waals surface area contributed by atoms with Gasteiger partial charge < -0.3 is 10.1 Å². The van der Waals surface area contributed by atoms with Gasteiger partial charge in [-0.1, -0.05) is 31.9 Å². The quantitative estimate of drug-likeness (QED) is 0.656. The zero-order valence-corrected chi connectivity index (χ0v) is 13.5. The third kappa shape index (κ3) is 5.05. The minimum atomic E-state index is -2.88. The summed E-state index contributed by atoms with van der Waals surface area (Å²) in [6, 6.07) is 7.76. The first-order chi connectivity index (χ1) is 11.5. The number of hydrogen-bond acceptors (Lipinski definition) is 3. The molecule has 0 aliphatic heterocycles. The highest BCUT2D eigenvalue weighted by atomic mass is 19.3. The van der Waals surface area contributed by atoms with Crippen LogP contribution < -0.4 is 10.1 Å². The van der Waals surface area contributed by atoms with Crippen LogP contribution in [0, 0.1) is 17.2 Å². The van der Waals surface area contributed by atoms with E-state index in [9.17, 15) is 18.8 Å². The van der Waals surface area contributed by atoms with Gasteiger partial charge in [-0.25, -0.2) is 0 Å². The summed E-state index contributed by atoms with van der Waals surface area (Å²) in [5.74, 6) is 0.0266. The molecule has 1 N–H and O–H groups in total. The Kier molecular flexibility index (Phi) is 6.30. The van der Waals surface area contributed by atoms with Crippen LogP contribution in [0.1, 0.15) is 38.2 Å². The summed E-state index contributed by atoms with van der Waals surface area (Å²) in [4.78, 5) is 12.3. The minimum absolute atomic E-state index is 0.00435. The summed E-state index contributed by atoms with van der Waals surface area (Å²) in [5.41, 5.74) is 0.565. The molecule has 1 fully saturated rings. The smallest absolute Gasteiger partial charge is 0.387 e. The maximum Gasteiger partial charge on any atom is 0.387 e. The summed E-state index contributed by atoms with van der Waals surface area (Å²) in [6.07, 6.45) is 5.68. The van der Waals surface area contributed by atoms with Crippen molar-refractivity contribution in [1.29, 1.82) is 5.26 Å². The van der Waals surface area contributed by atoms with Gasteiger partial charge in [-0.05, 0) is 42.5 Å². The average molecular weight is 334 g/mol. The number of nitriles is 1. The van der Waals surface area contributed by atoms with E-state index in [0.717, 1.165) is 19.3 Å². The lowest BCUT2D eigenvalue weighted by Crippen LogP contribution is -2.41. The zero-order chi connectivity index (χ0) is 17.5. The largest absolute Gasteiger partial charge is 0.435 e. The van der Waals surface area contributed by atoms with E-state index in [1.165, 1.54) is 36.8 Å². The predicted molar refractivity (Wildman–Crippen MR) is 86.2 cm³/mol. The maximum atomic E-state index is 12.3. The highest BCUT2D eigenvalue weighted by Crippen LogP contribution is 2.24. The van der Waals surface area contributed by atoms with Crippen molar-refractivity contribution in [2.24, 2.45) is 5.92 Å². The Morgan fingerprint density at radius 2 is 2.00 bits per heavy atom. The predicted octanol–water partition coefficient (Wildman–Crippen LogP) is 3.89. The Labute approximate surface area is 140 Å². The molecule has 1 saturated carbocycles. The third-order valence-corrected chi connectivity index (χ3v) is 4.21. The lowest BCUT2D eigenvalue weighted by Gasteiger charge is -2.29. The molecule has 1 aromatic rings. The van der Waals surface area contributed by atoms with Gasteiger partial charge in [0.25, 0.3) is 5.91 Å². The number of amides is 1. The first-order valence-electron chi connectivity index (χ1n) is 7.97. The van der Waals surface area contributed by atoms with E-state index in [0.29, 0.717) is 11.5 Å². The number of rotatable bonds is 5. The summed E-state index contributed by atoms with van der Waals surface area (Å²) in [5, 5.41) is 12.1. The molecule has 1 aliphatic rings. The lowest BCUT2D eigenvalue weighted by molar-refractivity contribution is -0.118. The SMILES string of the molecule is CC1CCCCC1NC(=O)/C(C#N)=C/c1ccc(OC(F)F)cc1. The molecule has 0 radical (unpaired) electrons. The number of halogens is 2. The van der Waals surface area contributed by atoms with Gasteiger partial charge in [-0.2, -0.15) is 14.0 Å². The summed E-state index contributed by atoms with van der Waals surface area (Å²) >= 11 is 0. The molecule has 1 amide bonds. The van der Waals surface area contributed by atoms with Gasteiger partial charge >= 0.3 is 6.61 Å². The fraction of sp³-hybridized carbons (Fsp3) is 0.444. The topological polar surface area (TPSA) is 62.1 Å². The molecular formula is C18H20F2N2O2. The van der Waals surface area contributed by atoms with Gasteiger partial charge in [0, 0.05) is 6.04 Å². The molecule has 1 aromatic carbocycles. The number of carbonyl (C=O) groups excluding carboxylic acids is 1. The van der Waals surface area contributed by atoms with Gasteiger partial charge in [-0.15, -0.1) is 0 Å². The second kappa shape index (κ2) is 8.44. The van der Waals surface area contributed by atoms with Gasteiger partial charge in [0.15, 0.2) is 0 Å². The lowest BCUT2D eigenvalue weighted by atomic mass is 9.86. The monoisotopic (exact) mass is 334 g/mol. The molecule has 0 heterocycles. The second-order valence-corrected chi connectivity index (χ2v) is 5.96. The van der Waals surface area contributed by atoms with Crippen LogP contribution in [0.25, 0.3) is 6.08 Å². The first kappa shape index (κ1) is 17.9. The molecular weight excluding hydrogens is 314 g/mol. The number of benzene rings is 1. The van der Waals surface area contributed by atoms with Crippen molar-refractivity contribution >= 4 is 12.0 Å². The first-order valence-corrected chi connectivity index (χ1v) is 7.97. The van der Waals surface area contributed by atoms with Crippen LogP contribution >= 0.6 is 0 Å². The van der Waals surface area contributed by atoms with Crippen molar-refractivity contribution in [2.75, 3.05) is 0 Å². The molecule has 6 heteroatoms. The van der Waals surface area contributed by atoms with Crippen LogP contribution in [0.4, 0.5) is 8.78 Å². The molecule has 0 aromatic heterocycles. The van der Waals surface area contributed by atoms with E-state index in [1.807, 2.05) is 6.07 Å². The van der Waals surface area contributed by atoms with E-state index in [1.54, 1.807) is 0 Å². The van der Waals surface area contributed by atoms with Crippen LogP contribution in [0.3, 0.4) is 0 Å². The van der Waals surface area contributed by atoms with E-state index >= 15 is 0 Å². The average Bonchev–Trinajstić information content (AvgIpc) is 2.55. The number of alkyl halides is 2. The van der Waals surface area contributed by atoms with Crippen molar-refractivity contribution in [2.45, 2.75) is 45.3 Å². The molecule has 2 rings (SSSR count). The standard InChI is InChI=1S/C18H20F2N2O2/c1-12-4-2-3-5-16(12)22-17(23)14(11-21)10-13-6-8-15(9-7-13)24-18(19)20/h6-10,12,16,18H,2-5H2,1H3,(H,22,23)/b14-10+. The van der Waals surface area contributed by atoms with E-state index in [-0.39, 0.29) is 17.4 Å². The number of hydrogen-bond donors (Lipinski definition) is 1. The molecule has 0 spiro atoms. The van der Waals surface area contributed by atoms with Crippen LogP contribution in [0.5, 0.6) is 5.75 Å². The van der Waals surface area contributed by atoms with Crippen molar-refractivity contribution < 1.29 is 18.3 Å². The van der Waals surface area contributed by atoms with Crippen molar-refractivity contribution in [3.05, 3.63) is 35.4 Å². The van der Waals surface area contributed by atoms with E-state index in [2.05, 4.69) is 17.0 Å². The molecule has 0 saturated heterocycles. The second-order valence-electron chi connectivity index (χ2n) is 5.96. The molecule has 1 aliphatic carbocycles. The Balaban J connectivity index is 2.05. The Morgan fingerprint density at radius 3 is 2.58 bits per heavy atom. The van der Waals surface area contributed by atoms with Gasteiger partial charge in [0.2, 0.25) is 0 Å². The van der Waals surface area contributed by atoms with Crippen molar-refractivity contribution in [3.63, 3.8) is 0 Å². The third-order valence-electron chi connectivity index (χ3n) is 4.21. The number of carbonyl (C=O) groups is 1. The summed E-state index contributed by atoms with van der Waals surface area (Å²) in [7, 11) is 0. The van der Waals surface area contributed by atoms with Crippen LogP contribution in [-0.2, 0) is 4.79 Å². The minimum Gasteiger partial charge on any atom is -0.435 e. The highest BCUT2D eigenvalue weighted by Gasteiger charge is 2.24. The summed E-state index contributed by atoms with van der Waals surface area (Å²) < 4.78 is 28.5. The van der Waals surface area contributed by atoms with Crippen molar-refractivity contribution in [1.82, 2.24) is 5.32 Å². The molecule has 24 heavy (non-hydrogen) atoms. The Morgan fingerprint density at radius 1 is 1.33 bits per heavy atom. The van der Waals surface area contributed by atoms with Gasteiger partial charge in [0.05, 0.1) is 0 Å². The van der Waals surface area contributed by atoms with Crippen molar-refractivity contribution in [3.8, 4) is 11.8 Å². The van der Waals surface area contributed by atoms with Crippen LogP contribution in [0.15, 0.2) is 29.8 Å². The molecule has 0 bridgehead atoms. The highest BCUT2D eigenvalue weighted by molar-refractivity contribution is 6.01. The van der Waals surface area contributed by atoms with Crippen LogP contribution in [0.2, 0.25) is 0 Å². The van der Waals surface area contributed by atoms with Gasteiger partial charge in [0.1, 0.15) is 17.4 Å². The van der Waals surface area contributed by atoms with Gasteiger partial charge in [-0.3, -0.25) is 4.79 Å². The van der Waals surface area contributed by atoms with Crippen LogP contribution in [-0.4, -0.2) is 18.6 Å². The number of ether oxygens (including phenoxy) is 1. The molecule has 2 atom stereocenters. The fourth-order valence-electron chi connectivity index (χ4n) is 2.84. The van der Waals surface area contributed by atoms with E-state index in [4.69, 9.17) is 0 Å². The Hall–Kier alpha value is -2.42. The molecule has 4 nitrogen and oxygen atoms in total. The maximum absolute atomic E-state index is 12.3. The zero-order valence-electron chi connectivity index (χ0n) is 13.5. The molecule has 128 valence electrons.